The van der Waals surface area contributed by atoms with Crippen molar-refractivity contribution >= 4 is 11.8 Å². The molecule has 1 heterocycles. The maximum atomic E-state index is 11.6. The highest BCUT2D eigenvalue weighted by Crippen LogP contribution is 2.06. The van der Waals surface area contributed by atoms with E-state index in [1.807, 2.05) is 6.92 Å². The van der Waals surface area contributed by atoms with Crippen LogP contribution in [0.4, 0.5) is 0 Å². The fraction of sp³-hybridized carbons (Fsp3) is 0.800. The van der Waals surface area contributed by atoms with Crippen molar-refractivity contribution in [1.82, 2.24) is 16.0 Å². The Balaban J connectivity index is 2.36. The number of aliphatic hydroxyl groups is 1. The number of amides is 2. The van der Waals surface area contributed by atoms with Gasteiger partial charge >= 0.3 is 0 Å². The van der Waals surface area contributed by atoms with Crippen LogP contribution in [-0.2, 0) is 9.59 Å². The summed E-state index contributed by atoms with van der Waals surface area (Å²) in [6, 6.07) is -0.945. The van der Waals surface area contributed by atoms with Gasteiger partial charge in [-0.2, -0.15) is 0 Å². The number of carbonyl (C=O) groups excluding carboxylic acids is 2. The molecule has 4 N–H and O–H groups in total. The van der Waals surface area contributed by atoms with Gasteiger partial charge in [0.1, 0.15) is 6.04 Å². The number of β-amino-alcohol motifs (C(OH)–C–C–N with tert-alkyl or cyclic N) is 1. The molecule has 1 fully saturated rings. The summed E-state index contributed by atoms with van der Waals surface area (Å²) in [5.74, 6) is -0.440. The minimum atomic E-state index is -0.549. The van der Waals surface area contributed by atoms with Gasteiger partial charge in [0.15, 0.2) is 0 Å². The molecule has 1 rings (SSSR count). The smallest absolute Gasteiger partial charge is 0.242 e. The maximum Gasteiger partial charge on any atom is 0.242 e. The Hall–Kier alpha value is -1.14. The number of aliphatic hydroxyl groups excluding tert-OH is 1. The summed E-state index contributed by atoms with van der Waals surface area (Å²) in [5, 5.41) is 17.4. The molecule has 6 nitrogen and oxygen atoms in total. The zero-order valence-corrected chi connectivity index (χ0v) is 9.62. The van der Waals surface area contributed by atoms with Gasteiger partial charge in [-0.25, -0.2) is 0 Å². The molecule has 0 aromatic rings. The Bertz CT molecular complexity index is 270. The first-order chi connectivity index (χ1) is 7.54. The van der Waals surface area contributed by atoms with Gasteiger partial charge in [-0.3, -0.25) is 9.59 Å². The second kappa shape index (κ2) is 5.81. The van der Waals surface area contributed by atoms with Gasteiger partial charge in [0, 0.05) is 13.1 Å². The molecule has 3 atom stereocenters. The zero-order chi connectivity index (χ0) is 12.1. The SMILES string of the molecule is CCNC(=O)C(C)NC(=O)C1CC(O)CN1. The van der Waals surface area contributed by atoms with Gasteiger partial charge in [-0.1, -0.05) is 0 Å². The molecule has 0 saturated carbocycles. The van der Waals surface area contributed by atoms with Crippen molar-refractivity contribution in [2.45, 2.75) is 38.5 Å². The van der Waals surface area contributed by atoms with Crippen molar-refractivity contribution in [3.05, 3.63) is 0 Å². The lowest BCUT2D eigenvalue weighted by molar-refractivity contribution is -0.129. The van der Waals surface area contributed by atoms with Crippen LogP contribution in [0.15, 0.2) is 0 Å². The molecular weight excluding hydrogens is 210 g/mol. The summed E-state index contributed by atoms with van der Waals surface area (Å²) in [6.45, 7) is 4.42. The molecule has 92 valence electrons. The van der Waals surface area contributed by atoms with Gasteiger partial charge in [-0.15, -0.1) is 0 Å². The topological polar surface area (TPSA) is 90.5 Å². The van der Waals surface area contributed by atoms with E-state index in [-0.39, 0.29) is 11.8 Å². The van der Waals surface area contributed by atoms with Crippen LogP contribution in [0.5, 0.6) is 0 Å². The molecule has 1 aliphatic rings. The van der Waals surface area contributed by atoms with Gasteiger partial charge in [0.25, 0.3) is 0 Å². The molecule has 1 saturated heterocycles. The Labute approximate surface area is 94.8 Å². The normalized spacial score (nSPS) is 26.2. The summed E-state index contributed by atoms with van der Waals surface area (Å²) in [4.78, 5) is 23.0. The summed E-state index contributed by atoms with van der Waals surface area (Å²) in [5.41, 5.74) is 0. The van der Waals surface area contributed by atoms with Crippen LogP contribution in [0.1, 0.15) is 20.3 Å². The number of likely N-dealkylation sites (N-methyl/N-ethyl adjacent to an activating group) is 1. The van der Waals surface area contributed by atoms with E-state index < -0.39 is 18.2 Å². The van der Waals surface area contributed by atoms with Gasteiger partial charge in [0.05, 0.1) is 12.1 Å². The molecule has 16 heavy (non-hydrogen) atoms. The fourth-order valence-corrected chi connectivity index (χ4v) is 1.62. The Kier molecular flexibility index (Phi) is 4.70. The average molecular weight is 229 g/mol. The van der Waals surface area contributed by atoms with Gasteiger partial charge in [0.2, 0.25) is 11.8 Å². The van der Waals surface area contributed by atoms with Crippen LogP contribution in [-0.4, -0.2) is 48.2 Å². The van der Waals surface area contributed by atoms with E-state index in [9.17, 15) is 14.7 Å². The zero-order valence-electron chi connectivity index (χ0n) is 9.62. The van der Waals surface area contributed by atoms with Crippen molar-refractivity contribution in [3.63, 3.8) is 0 Å². The van der Waals surface area contributed by atoms with Crippen molar-refractivity contribution in [2.24, 2.45) is 0 Å². The van der Waals surface area contributed by atoms with E-state index in [1.54, 1.807) is 6.92 Å². The van der Waals surface area contributed by atoms with E-state index in [0.29, 0.717) is 19.5 Å². The molecule has 1 aliphatic heterocycles. The Morgan fingerprint density at radius 2 is 2.25 bits per heavy atom. The molecule has 2 amide bonds. The fourth-order valence-electron chi connectivity index (χ4n) is 1.62. The number of hydrogen-bond acceptors (Lipinski definition) is 4. The molecule has 3 unspecified atom stereocenters. The van der Waals surface area contributed by atoms with E-state index >= 15 is 0 Å². The van der Waals surface area contributed by atoms with Crippen LogP contribution in [0.2, 0.25) is 0 Å². The number of carbonyl (C=O) groups is 2. The highest BCUT2D eigenvalue weighted by molar-refractivity contribution is 5.89. The minimum Gasteiger partial charge on any atom is -0.392 e. The molecule has 6 heteroatoms. The monoisotopic (exact) mass is 229 g/mol. The second-order valence-corrected chi connectivity index (χ2v) is 3.98. The first kappa shape index (κ1) is 12.9. The standard InChI is InChI=1S/C10H19N3O3/c1-3-11-9(15)6(2)13-10(16)8-4-7(14)5-12-8/h6-8,12,14H,3-5H2,1-2H3,(H,11,15)(H,13,16). The highest BCUT2D eigenvalue weighted by atomic mass is 16.3. The van der Waals surface area contributed by atoms with E-state index in [2.05, 4.69) is 16.0 Å². The van der Waals surface area contributed by atoms with Crippen molar-refractivity contribution in [3.8, 4) is 0 Å². The molecule has 0 aromatic carbocycles. The lowest BCUT2D eigenvalue weighted by Crippen LogP contribution is -2.50. The third kappa shape index (κ3) is 3.46. The molecule has 0 radical (unpaired) electrons. The first-order valence-electron chi connectivity index (χ1n) is 5.54. The molecule has 0 spiro atoms. The average Bonchev–Trinajstić information content (AvgIpc) is 2.65. The number of nitrogens with one attached hydrogen (secondary N) is 3. The Morgan fingerprint density at radius 3 is 2.75 bits per heavy atom. The predicted molar refractivity (Wildman–Crippen MR) is 58.7 cm³/mol. The third-order valence-electron chi connectivity index (χ3n) is 2.53. The summed E-state index contributed by atoms with van der Waals surface area (Å²) < 4.78 is 0. The van der Waals surface area contributed by atoms with Crippen molar-refractivity contribution < 1.29 is 14.7 Å². The van der Waals surface area contributed by atoms with Crippen LogP contribution in [0.3, 0.4) is 0 Å². The summed E-state index contributed by atoms with van der Waals surface area (Å²) >= 11 is 0. The third-order valence-corrected chi connectivity index (χ3v) is 2.53. The maximum absolute atomic E-state index is 11.6. The quantitative estimate of drug-likeness (QED) is 0.465. The lowest BCUT2D eigenvalue weighted by atomic mass is 10.2. The van der Waals surface area contributed by atoms with E-state index in [1.165, 1.54) is 0 Å². The predicted octanol–water partition coefficient (Wildman–Crippen LogP) is -1.65. The minimum absolute atomic E-state index is 0.200. The van der Waals surface area contributed by atoms with E-state index in [4.69, 9.17) is 0 Å². The Morgan fingerprint density at radius 1 is 1.56 bits per heavy atom. The van der Waals surface area contributed by atoms with Crippen LogP contribution in [0.25, 0.3) is 0 Å². The molecular formula is C10H19N3O3. The van der Waals surface area contributed by atoms with Crippen LogP contribution < -0.4 is 16.0 Å². The van der Waals surface area contributed by atoms with Crippen molar-refractivity contribution in [2.75, 3.05) is 13.1 Å². The largest absolute Gasteiger partial charge is 0.392 e. The molecule has 0 aliphatic carbocycles. The van der Waals surface area contributed by atoms with Crippen LogP contribution in [0, 0.1) is 0 Å². The van der Waals surface area contributed by atoms with Crippen LogP contribution >= 0.6 is 0 Å². The lowest BCUT2D eigenvalue weighted by Gasteiger charge is -2.16. The first-order valence-corrected chi connectivity index (χ1v) is 5.54. The van der Waals surface area contributed by atoms with Gasteiger partial charge < -0.3 is 21.1 Å². The van der Waals surface area contributed by atoms with Gasteiger partial charge in [-0.05, 0) is 20.3 Å². The number of rotatable bonds is 4. The molecule has 0 bridgehead atoms. The summed E-state index contributed by atoms with van der Waals surface area (Å²) in [6.07, 6.45) is -0.0796. The summed E-state index contributed by atoms with van der Waals surface area (Å²) in [7, 11) is 0. The molecule has 0 aromatic heterocycles. The van der Waals surface area contributed by atoms with Crippen molar-refractivity contribution in [1.29, 1.82) is 0 Å². The number of hydrogen-bond donors (Lipinski definition) is 4. The second-order valence-electron chi connectivity index (χ2n) is 3.98. The van der Waals surface area contributed by atoms with E-state index in [0.717, 1.165) is 0 Å². The highest BCUT2D eigenvalue weighted by Gasteiger charge is 2.29.